The summed E-state index contributed by atoms with van der Waals surface area (Å²) in [6, 6.07) is 18.1. The van der Waals surface area contributed by atoms with Crippen molar-refractivity contribution in [3.05, 3.63) is 69.3 Å². The molecule has 1 amide bonds. The number of hydrogen-bond donors (Lipinski definition) is 1. The van der Waals surface area contributed by atoms with E-state index in [0.717, 1.165) is 22.0 Å². The highest BCUT2D eigenvalue weighted by Crippen LogP contribution is 2.10. The van der Waals surface area contributed by atoms with Gasteiger partial charge in [0, 0.05) is 15.2 Å². The Morgan fingerprint density at radius 2 is 1.90 bits per heavy atom. The molecule has 0 saturated heterocycles. The number of carbonyl (C=O) groups is 1. The van der Waals surface area contributed by atoms with Crippen LogP contribution in [0.1, 0.15) is 29.3 Å². The fraction of sp³-hybridized carbons (Fsp3) is 0.235. The molecule has 0 aromatic heterocycles. The summed E-state index contributed by atoms with van der Waals surface area (Å²) in [7, 11) is 0. The Balaban J connectivity index is 2.01. The molecule has 0 heterocycles. The number of amides is 1. The van der Waals surface area contributed by atoms with E-state index in [0.29, 0.717) is 0 Å². The highest BCUT2D eigenvalue weighted by atomic mass is 127. The van der Waals surface area contributed by atoms with E-state index in [1.807, 2.05) is 42.5 Å². The zero-order valence-electron chi connectivity index (χ0n) is 11.5. The molecule has 1 unspecified atom stereocenters. The first-order valence-electron chi connectivity index (χ1n) is 6.79. The van der Waals surface area contributed by atoms with Crippen molar-refractivity contribution in [1.29, 1.82) is 0 Å². The van der Waals surface area contributed by atoms with Gasteiger partial charge in [0.1, 0.15) is 0 Å². The van der Waals surface area contributed by atoms with E-state index in [4.69, 9.17) is 0 Å². The average molecular weight is 379 g/mol. The second-order valence-corrected chi connectivity index (χ2v) is 6.02. The van der Waals surface area contributed by atoms with Gasteiger partial charge in [0.05, 0.1) is 0 Å². The number of halogens is 1. The lowest BCUT2D eigenvalue weighted by molar-refractivity contribution is 0.0935. The number of benzene rings is 2. The number of hydrogen-bond acceptors (Lipinski definition) is 1. The van der Waals surface area contributed by atoms with Gasteiger partial charge in [0.15, 0.2) is 0 Å². The molecule has 1 atom stereocenters. The summed E-state index contributed by atoms with van der Waals surface area (Å²) >= 11 is 2.22. The topological polar surface area (TPSA) is 29.1 Å². The predicted octanol–water partition coefficient (Wildman–Crippen LogP) is 4.04. The second kappa shape index (κ2) is 7.43. The van der Waals surface area contributed by atoms with Crippen molar-refractivity contribution in [3.63, 3.8) is 0 Å². The van der Waals surface area contributed by atoms with Gasteiger partial charge < -0.3 is 5.32 Å². The largest absolute Gasteiger partial charge is 0.349 e. The monoisotopic (exact) mass is 379 g/mol. The lowest BCUT2D eigenvalue weighted by Gasteiger charge is -2.17. The summed E-state index contributed by atoms with van der Waals surface area (Å²) in [5.41, 5.74) is 1.98. The molecular weight excluding hydrogens is 361 g/mol. The minimum absolute atomic E-state index is 0.00583. The van der Waals surface area contributed by atoms with Crippen LogP contribution in [0.2, 0.25) is 0 Å². The molecule has 3 heteroatoms. The zero-order valence-corrected chi connectivity index (χ0v) is 13.6. The van der Waals surface area contributed by atoms with Crippen LogP contribution in [0.15, 0.2) is 54.6 Å². The lowest BCUT2D eigenvalue weighted by atomic mass is 10.0. The van der Waals surface area contributed by atoms with Gasteiger partial charge in [-0.05, 0) is 59.2 Å². The Labute approximate surface area is 133 Å². The van der Waals surface area contributed by atoms with Crippen LogP contribution in [0, 0.1) is 3.57 Å². The first-order valence-corrected chi connectivity index (χ1v) is 7.87. The molecule has 20 heavy (non-hydrogen) atoms. The average Bonchev–Trinajstić information content (AvgIpc) is 2.47. The lowest BCUT2D eigenvalue weighted by Crippen LogP contribution is -2.36. The third-order valence-electron chi connectivity index (χ3n) is 3.24. The SMILES string of the molecule is CCC(Cc1ccccc1)NC(=O)c1cccc(I)c1. The van der Waals surface area contributed by atoms with E-state index in [1.54, 1.807) is 0 Å². The third kappa shape index (κ3) is 4.34. The van der Waals surface area contributed by atoms with Crippen LogP contribution in [0.3, 0.4) is 0 Å². The molecule has 0 radical (unpaired) electrons. The molecule has 0 aliphatic heterocycles. The predicted molar refractivity (Wildman–Crippen MR) is 90.9 cm³/mol. The summed E-state index contributed by atoms with van der Waals surface area (Å²) in [6.07, 6.45) is 1.79. The van der Waals surface area contributed by atoms with Crippen molar-refractivity contribution in [3.8, 4) is 0 Å². The van der Waals surface area contributed by atoms with Gasteiger partial charge >= 0.3 is 0 Å². The fourth-order valence-electron chi connectivity index (χ4n) is 2.09. The maximum atomic E-state index is 12.2. The van der Waals surface area contributed by atoms with Gasteiger partial charge in [-0.1, -0.05) is 43.3 Å². The maximum absolute atomic E-state index is 12.2. The van der Waals surface area contributed by atoms with Crippen LogP contribution >= 0.6 is 22.6 Å². The van der Waals surface area contributed by atoms with E-state index in [2.05, 4.69) is 47.0 Å². The molecule has 2 rings (SSSR count). The van der Waals surface area contributed by atoms with E-state index < -0.39 is 0 Å². The molecule has 2 aromatic rings. The molecule has 0 bridgehead atoms. The normalized spacial score (nSPS) is 11.9. The van der Waals surface area contributed by atoms with Gasteiger partial charge in [-0.15, -0.1) is 0 Å². The molecule has 0 spiro atoms. The van der Waals surface area contributed by atoms with Crippen molar-refractivity contribution >= 4 is 28.5 Å². The van der Waals surface area contributed by atoms with Crippen molar-refractivity contribution in [2.24, 2.45) is 0 Å². The third-order valence-corrected chi connectivity index (χ3v) is 3.91. The first kappa shape index (κ1) is 15.0. The standard InChI is InChI=1S/C17H18INO/c1-2-16(11-13-7-4-3-5-8-13)19-17(20)14-9-6-10-15(18)12-14/h3-10,12,16H,2,11H2,1H3,(H,19,20). The highest BCUT2D eigenvalue weighted by molar-refractivity contribution is 14.1. The molecule has 0 aliphatic carbocycles. The van der Waals surface area contributed by atoms with E-state index in [9.17, 15) is 4.79 Å². The fourth-order valence-corrected chi connectivity index (χ4v) is 2.64. The van der Waals surface area contributed by atoms with Gasteiger partial charge in [0.25, 0.3) is 5.91 Å². The van der Waals surface area contributed by atoms with Crippen molar-refractivity contribution in [1.82, 2.24) is 5.32 Å². The Morgan fingerprint density at radius 3 is 2.55 bits per heavy atom. The van der Waals surface area contributed by atoms with Crippen molar-refractivity contribution in [2.75, 3.05) is 0 Å². The van der Waals surface area contributed by atoms with Gasteiger partial charge in [-0.2, -0.15) is 0 Å². The smallest absolute Gasteiger partial charge is 0.251 e. The molecule has 0 fully saturated rings. The number of rotatable bonds is 5. The Bertz CT molecular complexity index is 568. The second-order valence-electron chi connectivity index (χ2n) is 4.78. The molecule has 1 N–H and O–H groups in total. The molecule has 0 aliphatic rings. The highest BCUT2D eigenvalue weighted by Gasteiger charge is 2.12. The van der Waals surface area contributed by atoms with Gasteiger partial charge in [-0.3, -0.25) is 4.79 Å². The maximum Gasteiger partial charge on any atom is 0.251 e. The Hall–Kier alpha value is -1.36. The summed E-state index contributed by atoms with van der Waals surface area (Å²) in [6.45, 7) is 2.10. The zero-order chi connectivity index (χ0) is 14.4. The quantitative estimate of drug-likeness (QED) is 0.781. The molecule has 104 valence electrons. The Kier molecular flexibility index (Phi) is 5.59. The first-order chi connectivity index (χ1) is 9.69. The van der Waals surface area contributed by atoms with Crippen molar-refractivity contribution < 1.29 is 4.79 Å². The van der Waals surface area contributed by atoms with Crippen LogP contribution < -0.4 is 5.32 Å². The molecule has 2 nitrogen and oxygen atoms in total. The summed E-state index contributed by atoms with van der Waals surface area (Å²) in [4.78, 5) is 12.2. The number of carbonyl (C=O) groups excluding carboxylic acids is 1. The van der Waals surface area contributed by atoms with Crippen LogP contribution in [-0.2, 0) is 6.42 Å². The van der Waals surface area contributed by atoms with Crippen LogP contribution in [0.4, 0.5) is 0 Å². The van der Waals surface area contributed by atoms with E-state index in [1.165, 1.54) is 5.56 Å². The molecule has 0 saturated carbocycles. The van der Waals surface area contributed by atoms with Crippen LogP contribution in [-0.4, -0.2) is 11.9 Å². The Morgan fingerprint density at radius 1 is 1.15 bits per heavy atom. The van der Waals surface area contributed by atoms with E-state index >= 15 is 0 Å². The van der Waals surface area contributed by atoms with Crippen LogP contribution in [0.25, 0.3) is 0 Å². The van der Waals surface area contributed by atoms with Crippen LogP contribution in [0.5, 0.6) is 0 Å². The minimum atomic E-state index is 0.00583. The molecular formula is C17H18INO. The summed E-state index contributed by atoms with van der Waals surface area (Å²) < 4.78 is 1.08. The molecule has 2 aromatic carbocycles. The van der Waals surface area contributed by atoms with E-state index in [-0.39, 0.29) is 11.9 Å². The summed E-state index contributed by atoms with van der Waals surface area (Å²) in [5.74, 6) is 0.00583. The van der Waals surface area contributed by atoms with Gasteiger partial charge in [0.2, 0.25) is 0 Å². The minimum Gasteiger partial charge on any atom is -0.349 e. The van der Waals surface area contributed by atoms with Gasteiger partial charge in [-0.25, -0.2) is 0 Å². The van der Waals surface area contributed by atoms with Crippen molar-refractivity contribution in [2.45, 2.75) is 25.8 Å². The summed E-state index contributed by atoms with van der Waals surface area (Å²) in [5, 5.41) is 3.12. The number of nitrogens with one attached hydrogen (secondary N) is 1.